The lowest BCUT2D eigenvalue weighted by atomic mass is 10.1. The maximum atomic E-state index is 12.9. The van der Waals surface area contributed by atoms with Crippen molar-refractivity contribution >= 4 is 11.6 Å². The van der Waals surface area contributed by atoms with E-state index in [0.717, 1.165) is 17.8 Å². The topological polar surface area (TPSA) is 98.0 Å². The number of aromatic nitrogens is 5. The van der Waals surface area contributed by atoms with Crippen molar-refractivity contribution in [3.8, 4) is 11.3 Å². The Morgan fingerprint density at radius 2 is 2.07 bits per heavy atom. The second kappa shape index (κ2) is 7.41. The summed E-state index contributed by atoms with van der Waals surface area (Å²) in [4.78, 5) is 7.36. The van der Waals surface area contributed by atoms with Crippen LogP contribution in [0.4, 0.5) is 24.8 Å². The van der Waals surface area contributed by atoms with Crippen molar-refractivity contribution < 1.29 is 23.0 Å². The van der Waals surface area contributed by atoms with Crippen molar-refractivity contribution in [2.45, 2.75) is 25.2 Å². The van der Waals surface area contributed by atoms with E-state index in [2.05, 4.69) is 25.6 Å². The number of nitrogens with zero attached hydrogens (tertiary/aromatic N) is 5. The van der Waals surface area contributed by atoms with Crippen LogP contribution >= 0.6 is 0 Å². The van der Waals surface area contributed by atoms with Gasteiger partial charge in [0.2, 0.25) is 5.95 Å². The van der Waals surface area contributed by atoms with E-state index >= 15 is 0 Å². The molecule has 152 valence electrons. The van der Waals surface area contributed by atoms with E-state index in [1.54, 1.807) is 23.0 Å². The summed E-state index contributed by atoms with van der Waals surface area (Å²) in [5, 5.41) is 20.9. The van der Waals surface area contributed by atoms with Crippen LogP contribution in [-0.2, 0) is 10.9 Å². The number of rotatable bonds is 4. The maximum absolute atomic E-state index is 12.9. The van der Waals surface area contributed by atoms with Gasteiger partial charge in [-0.2, -0.15) is 13.2 Å². The lowest BCUT2D eigenvalue weighted by Crippen LogP contribution is -2.22. The molecule has 0 saturated carbocycles. The number of hydrogen-bond acceptors (Lipinski definition) is 7. The van der Waals surface area contributed by atoms with Gasteiger partial charge in [-0.15, -0.1) is 5.10 Å². The third-order valence-corrected chi connectivity index (χ3v) is 4.45. The molecule has 11 heteroatoms. The fraction of sp³-hybridized carbons (Fsp3) is 0.333. The smallest absolute Gasteiger partial charge is 0.388 e. The number of halogens is 3. The van der Waals surface area contributed by atoms with E-state index in [1.807, 2.05) is 13.0 Å². The number of aryl methyl sites for hydroxylation is 1. The lowest BCUT2D eigenvalue weighted by Gasteiger charge is -2.11. The Morgan fingerprint density at radius 3 is 2.79 bits per heavy atom. The minimum absolute atomic E-state index is 0.161. The van der Waals surface area contributed by atoms with Crippen LogP contribution in [0.3, 0.4) is 0 Å². The molecule has 4 rings (SSSR count). The monoisotopic (exact) mass is 406 g/mol. The number of ether oxygens (including phenoxy) is 1. The van der Waals surface area contributed by atoms with Crippen LogP contribution in [0, 0.1) is 6.92 Å². The molecule has 1 saturated heterocycles. The summed E-state index contributed by atoms with van der Waals surface area (Å²) < 4.78 is 45.3. The molecule has 1 aliphatic heterocycles. The summed E-state index contributed by atoms with van der Waals surface area (Å²) >= 11 is 0. The van der Waals surface area contributed by atoms with Crippen LogP contribution in [0.1, 0.15) is 17.3 Å². The molecular formula is C18H17F3N6O2. The van der Waals surface area contributed by atoms with E-state index in [0.29, 0.717) is 23.6 Å². The fourth-order valence-electron chi connectivity index (χ4n) is 3.06. The largest absolute Gasteiger partial charge is 0.433 e. The highest BCUT2D eigenvalue weighted by atomic mass is 19.4. The minimum atomic E-state index is -4.55. The number of anilines is 2. The van der Waals surface area contributed by atoms with Crippen molar-refractivity contribution in [2.24, 2.45) is 0 Å². The molecule has 0 spiro atoms. The quantitative estimate of drug-likeness (QED) is 0.688. The highest BCUT2D eigenvalue weighted by Crippen LogP contribution is 2.29. The molecule has 0 radical (unpaired) electrons. The summed E-state index contributed by atoms with van der Waals surface area (Å²) in [6, 6.07) is 5.84. The van der Waals surface area contributed by atoms with E-state index in [-0.39, 0.29) is 18.6 Å². The van der Waals surface area contributed by atoms with E-state index in [9.17, 15) is 18.3 Å². The summed E-state index contributed by atoms with van der Waals surface area (Å²) in [5.74, 6) is -0.161. The summed E-state index contributed by atoms with van der Waals surface area (Å²) in [7, 11) is 0. The average Bonchev–Trinajstić information content (AvgIpc) is 3.29. The molecule has 2 N–H and O–H groups in total. The average molecular weight is 406 g/mol. The van der Waals surface area contributed by atoms with Crippen LogP contribution in [-0.4, -0.2) is 49.4 Å². The van der Waals surface area contributed by atoms with Gasteiger partial charge in [0.25, 0.3) is 0 Å². The first-order valence-electron chi connectivity index (χ1n) is 8.76. The first-order valence-corrected chi connectivity index (χ1v) is 8.76. The van der Waals surface area contributed by atoms with E-state index in [1.165, 1.54) is 0 Å². The second-order valence-corrected chi connectivity index (χ2v) is 6.73. The Bertz CT molecular complexity index is 1020. The zero-order valence-electron chi connectivity index (χ0n) is 15.3. The number of aliphatic hydroxyl groups excluding tert-OH is 1. The number of aliphatic hydroxyl groups is 1. The molecule has 0 aliphatic carbocycles. The first-order chi connectivity index (χ1) is 13.8. The molecule has 2 unspecified atom stereocenters. The number of hydrogen-bond donors (Lipinski definition) is 2. The molecule has 1 aliphatic rings. The minimum Gasteiger partial charge on any atom is -0.388 e. The molecule has 0 bridgehead atoms. The molecule has 3 aromatic rings. The van der Waals surface area contributed by atoms with Crippen molar-refractivity contribution in [2.75, 3.05) is 18.5 Å². The van der Waals surface area contributed by atoms with Crippen LogP contribution in [0.15, 0.2) is 36.7 Å². The van der Waals surface area contributed by atoms with Crippen LogP contribution < -0.4 is 5.32 Å². The Morgan fingerprint density at radius 1 is 1.24 bits per heavy atom. The van der Waals surface area contributed by atoms with Gasteiger partial charge in [0.15, 0.2) is 0 Å². The number of nitrogens with one attached hydrogen (secondary N) is 1. The van der Waals surface area contributed by atoms with Crippen molar-refractivity contribution in [1.29, 1.82) is 0 Å². The SMILES string of the molecule is Cc1cc(Nc2nccc(C(F)(F)F)n2)cc(-c2cn(C3COCC3O)nn2)c1. The molecule has 0 amide bonds. The van der Waals surface area contributed by atoms with Gasteiger partial charge in [-0.25, -0.2) is 14.6 Å². The zero-order chi connectivity index (χ0) is 20.6. The maximum Gasteiger partial charge on any atom is 0.433 e. The molecule has 2 aromatic heterocycles. The predicted octanol–water partition coefficient (Wildman–Crippen LogP) is 2.74. The van der Waals surface area contributed by atoms with Gasteiger partial charge in [-0.1, -0.05) is 5.21 Å². The van der Waals surface area contributed by atoms with Gasteiger partial charge >= 0.3 is 6.18 Å². The summed E-state index contributed by atoms with van der Waals surface area (Å²) in [5.41, 5.74) is 1.61. The van der Waals surface area contributed by atoms with Crippen molar-refractivity contribution in [3.05, 3.63) is 47.9 Å². The lowest BCUT2D eigenvalue weighted by molar-refractivity contribution is -0.141. The number of benzene rings is 1. The van der Waals surface area contributed by atoms with Gasteiger partial charge in [0.05, 0.1) is 19.4 Å². The Balaban J connectivity index is 1.60. The first kappa shape index (κ1) is 19.3. The van der Waals surface area contributed by atoms with Gasteiger partial charge in [0, 0.05) is 17.4 Å². The molecule has 3 heterocycles. The third kappa shape index (κ3) is 4.20. The number of alkyl halides is 3. The zero-order valence-corrected chi connectivity index (χ0v) is 15.3. The van der Waals surface area contributed by atoms with Crippen molar-refractivity contribution in [3.63, 3.8) is 0 Å². The molecule has 2 atom stereocenters. The summed E-state index contributed by atoms with van der Waals surface area (Å²) in [6.07, 6.45) is -2.46. The molecule has 8 nitrogen and oxygen atoms in total. The Labute approximate surface area is 163 Å². The van der Waals surface area contributed by atoms with Crippen LogP contribution in [0.2, 0.25) is 0 Å². The Kier molecular flexibility index (Phi) is 4.92. The predicted molar refractivity (Wildman–Crippen MR) is 96.4 cm³/mol. The normalized spacial score (nSPS) is 19.5. The third-order valence-electron chi connectivity index (χ3n) is 4.45. The van der Waals surface area contributed by atoms with E-state index < -0.39 is 18.0 Å². The molecule has 1 fully saturated rings. The highest BCUT2D eigenvalue weighted by molar-refractivity contribution is 5.68. The van der Waals surface area contributed by atoms with Crippen LogP contribution in [0.25, 0.3) is 11.3 Å². The highest BCUT2D eigenvalue weighted by Gasteiger charge is 2.33. The second-order valence-electron chi connectivity index (χ2n) is 6.73. The standard InChI is InChI=1S/C18H17F3N6O2/c1-10-4-11(13-7-27(26-25-13)14-8-29-9-15(14)28)6-12(5-10)23-17-22-3-2-16(24-17)18(19,20)21/h2-7,14-15,28H,8-9H2,1H3,(H,22,23,24). The van der Waals surface area contributed by atoms with Gasteiger partial charge < -0.3 is 15.2 Å². The van der Waals surface area contributed by atoms with Gasteiger partial charge in [-0.05, 0) is 36.8 Å². The fourth-order valence-corrected chi connectivity index (χ4v) is 3.06. The molecule has 29 heavy (non-hydrogen) atoms. The molecule has 1 aromatic carbocycles. The van der Waals surface area contributed by atoms with Gasteiger partial charge in [0.1, 0.15) is 23.5 Å². The van der Waals surface area contributed by atoms with Crippen molar-refractivity contribution in [1.82, 2.24) is 25.0 Å². The molecular weight excluding hydrogens is 389 g/mol. The van der Waals surface area contributed by atoms with Gasteiger partial charge in [-0.3, -0.25) is 0 Å². The van der Waals surface area contributed by atoms with Crippen LogP contribution in [0.5, 0.6) is 0 Å². The van der Waals surface area contributed by atoms with E-state index in [4.69, 9.17) is 4.74 Å². The Hall–Kier alpha value is -3.05. The summed E-state index contributed by atoms with van der Waals surface area (Å²) in [6.45, 7) is 2.44.